The Balaban J connectivity index is 0.00000248. The van der Waals surface area contributed by atoms with E-state index in [0.29, 0.717) is 37.7 Å². The van der Waals surface area contributed by atoms with Gasteiger partial charge in [-0.1, -0.05) is 76.3 Å². The van der Waals surface area contributed by atoms with E-state index in [-0.39, 0.29) is 23.9 Å². The summed E-state index contributed by atoms with van der Waals surface area (Å²) in [5, 5.41) is 0. The summed E-state index contributed by atoms with van der Waals surface area (Å²) in [7, 11) is 0.372. The average molecular weight is 610 g/mol. The molecule has 1 aromatic heterocycles. The molecule has 0 amide bonds. The summed E-state index contributed by atoms with van der Waals surface area (Å²) >= 11 is 0. The Morgan fingerprint density at radius 1 is 1.09 bits per heavy atom. The van der Waals surface area contributed by atoms with Crippen LogP contribution in [0.1, 0.15) is 63.3 Å². The minimum absolute atomic E-state index is 0.0344. The molecule has 1 saturated heterocycles. The number of aromatic nitrogens is 2. The van der Waals surface area contributed by atoms with Crippen molar-refractivity contribution in [3.8, 4) is 11.3 Å². The molecule has 3 unspecified atom stereocenters. The van der Waals surface area contributed by atoms with Gasteiger partial charge in [0.1, 0.15) is 16.8 Å². The molecule has 3 aromatic rings. The fourth-order valence-corrected chi connectivity index (χ4v) is 4.88. The molecule has 0 saturated carbocycles. The third kappa shape index (κ3) is 9.89. The second-order valence-corrected chi connectivity index (χ2v) is 11.6. The number of ether oxygens (including phenoxy) is 3. The van der Waals surface area contributed by atoms with Gasteiger partial charge in [-0.05, 0) is 35.7 Å². The number of anilines is 1. The molecule has 232 valence electrons. The van der Waals surface area contributed by atoms with E-state index < -0.39 is 17.3 Å². The lowest BCUT2D eigenvalue weighted by Gasteiger charge is -2.34. The van der Waals surface area contributed by atoms with Crippen molar-refractivity contribution in [2.45, 2.75) is 71.6 Å². The number of halogens is 1. The Morgan fingerprint density at radius 2 is 1.79 bits per heavy atom. The van der Waals surface area contributed by atoms with Gasteiger partial charge in [0.05, 0.1) is 36.8 Å². The molecule has 1 aliphatic heterocycles. The smallest absolute Gasteiger partial charge is 0.237 e. The van der Waals surface area contributed by atoms with Crippen LogP contribution in [-0.2, 0) is 31.8 Å². The van der Waals surface area contributed by atoms with E-state index in [4.69, 9.17) is 24.2 Å². The quantitative estimate of drug-likeness (QED) is 0.198. The monoisotopic (exact) mass is 609 g/mol. The van der Waals surface area contributed by atoms with Gasteiger partial charge in [0.15, 0.2) is 6.29 Å². The first-order valence-corrected chi connectivity index (χ1v) is 16.2. The molecule has 0 radical (unpaired) electrons. The highest BCUT2D eigenvalue weighted by atomic mass is 32.2. The van der Waals surface area contributed by atoms with E-state index in [1.54, 1.807) is 31.5 Å². The summed E-state index contributed by atoms with van der Waals surface area (Å²) in [6.07, 6.45) is 7.70. The first-order valence-electron chi connectivity index (χ1n) is 14.7. The highest BCUT2D eigenvalue weighted by molar-refractivity contribution is 7.85. The maximum absolute atomic E-state index is 13.8. The molecule has 4 rings (SSSR count). The highest BCUT2D eigenvalue weighted by Crippen LogP contribution is 2.32. The standard InChI is InChI=1S/C32H38FN3O4S.C2H6/c1-6-18-38-29-20-27(39-21-23-10-8-7-9-11-23)19-26(40-29)16-17-28-30(22(2)3)34-32(36(4)41(5)37)35-31(28)24-12-14-25(33)15-13-24;1-2/h6-17,22,26-27,29H,1,18-21H2,2-5H3;1-2H3/b17-16+;/t26-,27?,29?,41?;/m1./s1. The van der Waals surface area contributed by atoms with Crippen molar-refractivity contribution in [2.24, 2.45) is 0 Å². The van der Waals surface area contributed by atoms with Gasteiger partial charge in [0.2, 0.25) is 5.95 Å². The van der Waals surface area contributed by atoms with Crippen LogP contribution in [0, 0.1) is 5.82 Å². The van der Waals surface area contributed by atoms with Crippen molar-refractivity contribution < 1.29 is 22.8 Å². The number of nitrogens with zero attached hydrogens (tertiary/aromatic N) is 3. The topological polar surface area (TPSA) is 73.8 Å². The Labute approximate surface area is 258 Å². The summed E-state index contributed by atoms with van der Waals surface area (Å²) < 4.78 is 46.0. The molecule has 0 bridgehead atoms. The molecule has 2 heterocycles. The van der Waals surface area contributed by atoms with Crippen LogP contribution in [-0.4, -0.2) is 52.6 Å². The van der Waals surface area contributed by atoms with E-state index >= 15 is 0 Å². The van der Waals surface area contributed by atoms with E-state index in [9.17, 15) is 8.60 Å². The lowest BCUT2D eigenvalue weighted by atomic mass is 9.96. The van der Waals surface area contributed by atoms with Crippen molar-refractivity contribution in [1.29, 1.82) is 0 Å². The summed E-state index contributed by atoms with van der Waals surface area (Å²) in [5.41, 5.74) is 4.04. The fourth-order valence-electron chi connectivity index (χ4n) is 4.57. The second kappa shape index (κ2) is 17.2. The Bertz CT molecular complexity index is 1350. The third-order valence-electron chi connectivity index (χ3n) is 6.78. The molecular formula is C34H44FN3O4S. The van der Waals surface area contributed by atoms with Gasteiger partial charge in [-0.25, -0.2) is 18.6 Å². The van der Waals surface area contributed by atoms with Crippen molar-refractivity contribution in [2.75, 3.05) is 24.2 Å². The molecule has 1 aliphatic rings. The van der Waals surface area contributed by atoms with Gasteiger partial charge in [-0.3, -0.25) is 4.31 Å². The molecule has 9 heteroatoms. The van der Waals surface area contributed by atoms with Crippen LogP contribution in [0.3, 0.4) is 0 Å². The van der Waals surface area contributed by atoms with Crippen LogP contribution in [0.4, 0.5) is 10.3 Å². The SMILES string of the molecule is C=CCOC1CC(OCc2ccccc2)C[C@@H](/C=C/c2c(-c3ccc(F)cc3)nc(N(C)S(C)=O)nc2C(C)C)O1.CC. The van der Waals surface area contributed by atoms with Crippen molar-refractivity contribution in [3.05, 3.63) is 96.0 Å². The number of hydrogen-bond acceptors (Lipinski definition) is 6. The zero-order valence-electron chi connectivity index (χ0n) is 26.0. The number of hydrogen-bond donors (Lipinski definition) is 0. The Hall–Kier alpha value is -3.24. The van der Waals surface area contributed by atoms with E-state index in [2.05, 4.69) is 6.58 Å². The molecule has 7 nitrogen and oxygen atoms in total. The first kappa shape index (κ1) is 34.3. The van der Waals surface area contributed by atoms with Crippen LogP contribution in [0.15, 0.2) is 73.3 Å². The van der Waals surface area contributed by atoms with E-state index in [1.807, 2.05) is 70.2 Å². The summed E-state index contributed by atoms with van der Waals surface area (Å²) in [5.74, 6) is 0.0399. The third-order valence-corrected chi connectivity index (χ3v) is 7.71. The molecule has 2 aromatic carbocycles. The van der Waals surface area contributed by atoms with Gasteiger partial charge >= 0.3 is 0 Å². The lowest BCUT2D eigenvalue weighted by molar-refractivity contribution is -0.207. The van der Waals surface area contributed by atoms with Gasteiger partial charge in [0.25, 0.3) is 0 Å². The average Bonchev–Trinajstić information content (AvgIpc) is 3.02. The summed E-state index contributed by atoms with van der Waals surface area (Å²) in [4.78, 5) is 9.57. The van der Waals surface area contributed by atoms with E-state index in [1.165, 1.54) is 16.4 Å². The van der Waals surface area contributed by atoms with Crippen LogP contribution in [0.25, 0.3) is 17.3 Å². The molecule has 4 atom stereocenters. The molecule has 1 fully saturated rings. The predicted octanol–water partition coefficient (Wildman–Crippen LogP) is 7.47. The maximum atomic E-state index is 13.8. The molecular weight excluding hydrogens is 565 g/mol. The Morgan fingerprint density at radius 3 is 2.42 bits per heavy atom. The van der Waals surface area contributed by atoms with Crippen molar-refractivity contribution in [3.63, 3.8) is 0 Å². The van der Waals surface area contributed by atoms with Crippen molar-refractivity contribution in [1.82, 2.24) is 9.97 Å². The zero-order chi connectivity index (χ0) is 31.4. The maximum Gasteiger partial charge on any atom is 0.237 e. The minimum atomic E-state index is -1.32. The molecule has 0 N–H and O–H groups in total. The molecule has 0 aliphatic carbocycles. The zero-order valence-corrected chi connectivity index (χ0v) is 26.9. The van der Waals surface area contributed by atoms with Gasteiger partial charge in [0, 0.05) is 37.3 Å². The Kier molecular flexibility index (Phi) is 13.7. The first-order chi connectivity index (χ1) is 20.7. The summed E-state index contributed by atoms with van der Waals surface area (Å²) in [6.45, 7) is 12.7. The second-order valence-electron chi connectivity index (χ2n) is 10.2. The van der Waals surface area contributed by atoms with Crippen LogP contribution >= 0.6 is 0 Å². The molecule has 0 spiro atoms. The lowest BCUT2D eigenvalue weighted by Crippen LogP contribution is -2.37. The van der Waals surface area contributed by atoms with Gasteiger partial charge in [-0.2, -0.15) is 0 Å². The van der Waals surface area contributed by atoms with Crippen LogP contribution < -0.4 is 4.31 Å². The number of rotatable bonds is 12. The van der Waals surface area contributed by atoms with Gasteiger partial charge < -0.3 is 14.2 Å². The van der Waals surface area contributed by atoms with Crippen LogP contribution in [0.5, 0.6) is 0 Å². The summed E-state index contributed by atoms with van der Waals surface area (Å²) in [6, 6.07) is 16.3. The van der Waals surface area contributed by atoms with Crippen LogP contribution in [0.2, 0.25) is 0 Å². The predicted molar refractivity (Wildman–Crippen MR) is 173 cm³/mol. The van der Waals surface area contributed by atoms with E-state index in [0.717, 1.165) is 22.4 Å². The van der Waals surface area contributed by atoms with Gasteiger partial charge in [-0.15, -0.1) is 6.58 Å². The number of benzene rings is 2. The largest absolute Gasteiger partial charge is 0.373 e. The minimum Gasteiger partial charge on any atom is -0.373 e. The van der Waals surface area contributed by atoms with Crippen molar-refractivity contribution >= 4 is 23.0 Å². The fraction of sp³-hybridized carbons (Fsp3) is 0.412. The normalized spacial score (nSPS) is 19.1. The highest BCUT2D eigenvalue weighted by Gasteiger charge is 2.30. The molecule has 43 heavy (non-hydrogen) atoms.